The summed E-state index contributed by atoms with van der Waals surface area (Å²) >= 11 is 1.36. The van der Waals surface area contributed by atoms with Gasteiger partial charge in [0.05, 0.1) is 18.7 Å². The van der Waals surface area contributed by atoms with E-state index in [0.29, 0.717) is 17.5 Å². The number of carbonyl (C=O) groups is 5. The third-order valence-electron chi connectivity index (χ3n) is 5.89. The van der Waals surface area contributed by atoms with Gasteiger partial charge in [-0.05, 0) is 23.5 Å². The molecule has 1 unspecified atom stereocenters. The Morgan fingerprint density at radius 3 is 2.45 bits per heavy atom. The lowest BCUT2D eigenvalue weighted by molar-refractivity contribution is -0.136. The Bertz CT molecular complexity index is 1160. The lowest BCUT2D eigenvalue weighted by Gasteiger charge is -2.29. The van der Waals surface area contributed by atoms with Crippen LogP contribution in [-0.4, -0.2) is 40.4 Å². The number of amides is 4. The van der Waals surface area contributed by atoms with E-state index in [1.165, 1.54) is 16.2 Å². The van der Waals surface area contributed by atoms with E-state index in [0.717, 1.165) is 15.3 Å². The third kappa shape index (κ3) is 4.59. The number of nitrogens with one attached hydrogen (secondary N) is 2. The second kappa shape index (κ2) is 8.55. The van der Waals surface area contributed by atoms with E-state index in [1.807, 2.05) is 12.1 Å². The average molecular weight is 468 g/mol. The van der Waals surface area contributed by atoms with E-state index in [9.17, 15) is 24.0 Å². The van der Waals surface area contributed by atoms with Crippen LogP contribution in [0.1, 0.15) is 69.6 Å². The van der Waals surface area contributed by atoms with E-state index in [4.69, 9.17) is 0 Å². The molecule has 8 nitrogen and oxygen atoms in total. The highest BCUT2D eigenvalue weighted by molar-refractivity contribution is 7.12. The van der Waals surface area contributed by atoms with Gasteiger partial charge >= 0.3 is 0 Å². The van der Waals surface area contributed by atoms with Crippen LogP contribution in [0.15, 0.2) is 30.3 Å². The Morgan fingerprint density at radius 2 is 1.85 bits per heavy atom. The fourth-order valence-electron chi connectivity index (χ4n) is 3.98. The normalized spacial score (nSPS) is 18.2. The maximum atomic E-state index is 12.8. The Hall–Kier alpha value is -3.33. The van der Waals surface area contributed by atoms with E-state index in [2.05, 4.69) is 31.4 Å². The van der Waals surface area contributed by atoms with Gasteiger partial charge in [-0.2, -0.15) is 0 Å². The minimum absolute atomic E-state index is 0.0470. The molecule has 0 aliphatic carbocycles. The molecule has 4 rings (SSSR count). The molecule has 172 valence electrons. The monoisotopic (exact) mass is 467 g/mol. The minimum atomic E-state index is -0.705. The van der Waals surface area contributed by atoms with E-state index >= 15 is 0 Å². The number of nitrogens with zero attached hydrogens (tertiary/aromatic N) is 1. The molecule has 2 aromatic rings. The summed E-state index contributed by atoms with van der Waals surface area (Å²) in [4.78, 5) is 64.1. The van der Waals surface area contributed by atoms with Crippen LogP contribution in [0.2, 0.25) is 0 Å². The van der Waals surface area contributed by atoms with Gasteiger partial charge < -0.3 is 10.2 Å². The van der Waals surface area contributed by atoms with Crippen molar-refractivity contribution in [2.75, 3.05) is 0 Å². The maximum absolute atomic E-state index is 12.8. The predicted octanol–water partition coefficient (Wildman–Crippen LogP) is 2.31. The van der Waals surface area contributed by atoms with E-state index in [-0.39, 0.29) is 36.7 Å². The summed E-state index contributed by atoms with van der Waals surface area (Å²) in [6.45, 7) is 6.64. The Labute approximate surface area is 195 Å². The van der Waals surface area contributed by atoms with Crippen LogP contribution < -0.4 is 10.6 Å². The maximum Gasteiger partial charge on any atom is 0.292 e. The number of fused-ring (bicyclic) bond motifs is 1. The first kappa shape index (κ1) is 22.8. The van der Waals surface area contributed by atoms with Gasteiger partial charge in [0.15, 0.2) is 0 Å². The van der Waals surface area contributed by atoms with Crippen molar-refractivity contribution in [2.24, 2.45) is 0 Å². The Kier molecular flexibility index (Phi) is 5.92. The first-order valence-corrected chi connectivity index (χ1v) is 11.6. The van der Waals surface area contributed by atoms with Crippen molar-refractivity contribution < 1.29 is 24.0 Å². The van der Waals surface area contributed by atoms with Gasteiger partial charge in [-0.15, -0.1) is 11.3 Å². The van der Waals surface area contributed by atoms with Crippen LogP contribution in [0.5, 0.6) is 0 Å². The number of hydrogen-bond acceptors (Lipinski definition) is 6. The van der Waals surface area contributed by atoms with Gasteiger partial charge in [0.2, 0.25) is 17.6 Å². The number of benzene rings is 1. The highest BCUT2D eigenvalue weighted by atomic mass is 32.1. The van der Waals surface area contributed by atoms with Crippen molar-refractivity contribution >= 4 is 40.7 Å². The molecule has 2 aliphatic rings. The minimum Gasteiger partial charge on any atom is -0.344 e. The lowest BCUT2D eigenvalue weighted by atomic mass is 9.86. The molecule has 2 N–H and O–H groups in total. The summed E-state index contributed by atoms with van der Waals surface area (Å²) in [6, 6.07) is 8.06. The average Bonchev–Trinajstić information content (AvgIpc) is 3.30. The summed E-state index contributed by atoms with van der Waals surface area (Å²) < 4.78 is 0. The molecule has 0 bridgehead atoms. The summed E-state index contributed by atoms with van der Waals surface area (Å²) in [7, 11) is 0. The van der Waals surface area contributed by atoms with Crippen molar-refractivity contribution in [3.8, 4) is 0 Å². The smallest absolute Gasteiger partial charge is 0.292 e. The zero-order chi connectivity index (χ0) is 23.9. The number of imide groups is 1. The van der Waals surface area contributed by atoms with Gasteiger partial charge in [0, 0.05) is 21.7 Å². The number of carbonyl (C=O) groups excluding carboxylic acids is 5. The summed E-state index contributed by atoms with van der Waals surface area (Å²) in [5, 5.41) is 4.90. The molecular weight excluding hydrogens is 442 g/mol. The molecule has 33 heavy (non-hydrogen) atoms. The van der Waals surface area contributed by atoms with E-state index in [1.54, 1.807) is 18.2 Å². The molecule has 1 fully saturated rings. The molecule has 1 aromatic heterocycles. The van der Waals surface area contributed by atoms with Crippen LogP contribution in [-0.2, 0) is 32.9 Å². The molecule has 0 saturated carbocycles. The third-order valence-corrected chi connectivity index (χ3v) is 7.01. The first-order chi connectivity index (χ1) is 15.5. The lowest BCUT2D eigenvalue weighted by Crippen LogP contribution is -2.52. The number of hydrogen-bond donors (Lipinski definition) is 2. The molecule has 4 amide bonds. The standard InChI is InChI=1S/C24H25N3O5S/c1-24(2,3)14-6-4-13(5-7-14)20(29)22(31)25-11-15-10-16-18(33-15)12-27(23(16)32)17-8-9-19(28)26-21(17)30/h4-7,10,17H,8-9,11-12H2,1-3H3,(H,25,31)(H,26,28,30). The van der Waals surface area contributed by atoms with Crippen LogP contribution in [0.3, 0.4) is 0 Å². The fraction of sp³-hybridized carbons (Fsp3) is 0.375. The number of ketones is 1. The largest absolute Gasteiger partial charge is 0.344 e. The SMILES string of the molecule is CC(C)(C)c1ccc(C(=O)C(=O)NCc2cc3c(s2)CN(C2CCC(=O)NC2=O)C3=O)cc1. The van der Waals surface area contributed by atoms with E-state index < -0.39 is 23.6 Å². The highest BCUT2D eigenvalue weighted by Crippen LogP contribution is 2.33. The summed E-state index contributed by atoms with van der Waals surface area (Å²) in [6.07, 6.45) is 0.519. The van der Waals surface area contributed by atoms with Gasteiger partial charge in [-0.1, -0.05) is 45.0 Å². The first-order valence-electron chi connectivity index (χ1n) is 10.7. The van der Waals surface area contributed by atoms with Gasteiger partial charge in [0.1, 0.15) is 6.04 Å². The van der Waals surface area contributed by atoms with Crippen molar-refractivity contribution in [3.05, 3.63) is 56.8 Å². The fourth-order valence-corrected chi connectivity index (χ4v) is 5.08. The molecule has 0 radical (unpaired) electrons. The summed E-state index contributed by atoms with van der Waals surface area (Å²) in [5.41, 5.74) is 1.85. The van der Waals surface area contributed by atoms with Crippen molar-refractivity contribution in [3.63, 3.8) is 0 Å². The zero-order valence-electron chi connectivity index (χ0n) is 18.7. The van der Waals surface area contributed by atoms with Gasteiger partial charge in [0.25, 0.3) is 11.8 Å². The van der Waals surface area contributed by atoms with Gasteiger partial charge in [-0.25, -0.2) is 0 Å². The molecular formula is C24H25N3O5S. The quantitative estimate of drug-likeness (QED) is 0.398. The predicted molar refractivity (Wildman–Crippen MR) is 122 cm³/mol. The van der Waals surface area contributed by atoms with Crippen molar-refractivity contribution in [1.29, 1.82) is 0 Å². The van der Waals surface area contributed by atoms with Crippen molar-refractivity contribution in [1.82, 2.24) is 15.5 Å². The van der Waals surface area contributed by atoms with Gasteiger partial charge in [-0.3, -0.25) is 29.3 Å². The van der Waals surface area contributed by atoms with Crippen LogP contribution in [0.25, 0.3) is 0 Å². The second-order valence-corrected chi connectivity index (χ2v) is 10.5. The highest BCUT2D eigenvalue weighted by Gasteiger charge is 2.40. The summed E-state index contributed by atoms with van der Waals surface area (Å²) in [5.74, 6) is -2.35. The zero-order valence-corrected chi connectivity index (χ0v) is 19.5. The Morgan fingerprint density at radius 1 is 1.15 bits per heavy atom. The van der Waals surface area contributed by atoms with Crippen LogP contribution in [0.4, 0.5) is 0 Å². The van der Waals surface area contributed by atoms with Crippen LogP contribution >= 0.6 is 11.3 Å². The molecule has 3 heterocycles. The topological polar surface area (TPSA) is 113 Å². The molecule has 0 spiro atoms. The molecule has 9 heteroatoms. The van der Waals surface area contributed by atoms with Crippen LogP contribution in [0, 0.1) is 0 Å². The molecule has 1 saturated heterocycles. The van der Waals surface area contributed by atoms with Crippen molar-refractivity contribution in [2.45, 2.75) is 58.2 Å². The number of rotatable bonds is 5. The molecule has 1 atom stereocenters. The molecule has 2 aliphatic heterocycles. The number of piperidine rings is 1. The molecule has 1 aromatic carbocycles. The second-order valence-electron chi connectivity index (χ2n) is 9.29. The number of thiophene rings is 1. The number of Topliss-reactive ketones (excluding diaryl/α,β-unsaturated/α-hetero) is 1. The Balaban J connectivity index is 1.36.